The lowest BCUT2D eigenvalue weighted by Crippen LogP contribution is -2.13. The normalized spacial score (nSPS) is 16.2. The Labute approximate surface area is 112 Å². The van der Waals surface area contributed by atoms with Gasteiger partial charge >= 0.3 is 12.0 Å². The van der Waals surface area contributed by atoms with Crippen LogP contribution in [0.5, 0.6) is 12.0 Å². The molecule has 0 bridgehead atoms. The van der Waals surface area contributed by atoms with Gasteiger partial charge in [-0.2, -0.15) is 9.97 Å². The molecule has 2 rings (SSSR count). The average molecular weight is 272 g/mol. The third-order valence-electron chi connectivity index (χ3n) is 2.83. The Balaban J connectivity index is 1.96. The lowest BCUT2D eigenvalue weighted by molar-refractivity contribution is 0.203. The van der Waals surface area contributed by atoms with E-state index in [0.717, 1.165) is 0 Å². The van der Waals surface area contributed by atoms with E-state index in [9.17, 15) is 0 Å². The molecule has 0 N–H and O–H groups in total. The van der Waals surface area contributed by atoms with Crippen molar-refractivity contribution in [3.05, 3.63) is 5.28 Å². The predicted octanol–water partition coefficient (Wildman–Crippen LogP) is 2.88. The van der Waals surface area contributed by atoms with E-state index in [2.05, 4.69) is 15.0 Å². The lowest BCUT2D eigenvalue weighted by atomic mass is 10.1. The molecule has 1 aromatic heterocycles. The molecule has 18 heavy (non-hydrogen) atoms. The molecule has 0 saturated heterocycles. The Morgan fingerprint density at radius 2 is 1.83 bits per heavy atom. The lowest BCUT2D eigenvalue weighted by Gasteiger charge is -2.11. The topological polar surface area (TPSA) is 57.1 Å². The van der Waals surface area contributed by atoms with Gasteiger partial charge in [0, 0.05) is 0 Å². The van der Waals surface area contributed by atoms with Gasteiger partial charge in [-0.05, 0) is 44.2 Å². The van der Waals surface area contributed by atoms with Crippen LogP contribution in [0.25, 0.3) is 0 Å². The van der Waals surface area contributed by atoms with Crippen molar-refractivity contribution in [2.75, 3.05) is 6.61 Å². The van der Waals surface area contributed by atoms with Gasteiger partial charge in [0.05, 0.1) is 12.7 Å². The zero-order chi connectivity index (χ0) is 13.0. The summed E-state index contributed by atoms with van der Waals surface area (Å²) in [4.78, 5) is 11.9. The molecule has 1 aliphatic rings. The average Bonchev–Trinajstić information content (AvgIpc) is 2.77. The number of nitrogens with zero attached hydrogens (tertiary/aromatic N) is 3. The van der Waals surface area contributed by atoms with Crippen LogP contribution in [0.3, 0.4) is 0 Å². The van der Waals surface area contributed by atoms with E-state index >= 15 is 0 Å². The second-order valence-electron chi connectivity index (χ2n) is 4.80. The zero-order valence-corrected chi connectivity index (χ0v) is 11.5. The summed E-state index contributed by atoms with van der Waals surface area (Å²) in [6.07, 6.45) is 5.00. The van der Waals surface area contributed by atoms with Crippen molar-refractivity contribution in [2.24, 2.45) is 5.92 Å². The summed E-state index contributed by atoms with van der Waals surface area (Å²) in [6, 6.07) is 0.462. The molecule has 1 aliphatic carbocycles. The first-order valence-electron chi connectivity index (χ1n) is 6.34. The molecule has 1 saturated carbocycles. The SMILES string of the molecule is CC(C)Oc1nc(Cl)nc(OCC2CCCC2)n1. The van der Waals surface area contributed by atoms with Crippen LogP contribution >= 0.6 is 11.6 Å². The number of hydrogen-bond acceptors (Lipinski definition) is 5. The number of hydrogen-bond donors (Lipinski definition) is 0. The molecule has 0 radical (unpaired) electrons. The Morgan fingerprint density at radius 3 is 2.50 bits per heavy atom. The first-order valence-corrected chi connectivity index (χ1v) is 6.72. The molecule has 0 aliphatic heterocycles. The minimum atomic E-state index is -0.00820. The summed E-state index contributed by atoms with van der Waals surface area (Å²) < 4.78 is 10.9. The zero-order valence-electron chi connectivity index (χ0n) is 10.7. The highest BCUT2D eigenvalue weighted by atomic mass is 35.5. The van der Waals surface area contributed by atoms with Crippen LogP contribution in [0.4, 0.5) is 0 Å². The Hall–Kier alpha value is -1.10. The maximum atomic E-state index is 5.81. The predicted molar refractivity (Wildman–Crippen MR) is 68.1 cm³/mol. The second kappa shape index (κ2) is 6.18. The second-order valence-corrected chi connectivity index (χ2v) is 5.14. The van der Waals surface area contributed by atoms with Crippen molar-refractivity contribution in [3.63, 3.8) is 0 Å². The molecule has 0 amide bonds. The van der Waals surface area contributed by atoms with Gasteiger partial charge in [0.2, 0.25) is 5.28 Å². The summed E-state index contributed by atoms with van der Waals surface area (Å²) in [6.45, 7) is 4.44. The molecule has 100 valence electrons. The van der Waals surface area contributed by atoms with E-state index < -0.39 is 0 Å². The number of aromatic nitrogens is 3. The Bertz CT molecular complexity index is 395. The minimum Gasteiger partial charge on any atom is -0.463 e. The van der Waals surface area contributed by atoms with Gasteiger partial charge in [-0.1, -0.05) is 12.8 Å². The molecule has 0 spiro atoms. The molecule has 6 heteroatoms. The van der Waals surface area contributed by atoms with Crippen LogP contribution in [-0.2, 0) is 0 Å². The van der Waals surface area contributed by atoms with E-state index in [-0.39, 0.29) is 23.4 Å². The van der Waals surface area contributed by atoms with E-state index in [1.54, 1.807) is 0 Å². The van der Waals surface area contributed by atoms with Gasteiger partial charge in [-0.15, -0.1) is 4.98 Å². The van der Waals surface area contributed by atoms with Crippen molar-refractivity contribution in [3.8, 4) is 12.0 Å². The maximum Gasteiger partial charge on any atom is 0.324 e. The molecule has 1 heterocycles. The largest absolute Gasteiger partial charge is 0.463 e. The van der Waals surface area contributed by atoms with Crippen molar-refractivity contribution < 1.29 is 9.47 Å². The fourth-order valence-electron chi connectivity index (χ4n) is 2.01. The monoisotopic (exact) mass is 271 g/mol. The fraction of sp³-hybridized carbons (Fsp3) is 0.750. The van der Waals surface area contributed by atoms with Crippen LogP contribution in [0.2, 0.25) is 5.28 Å². The first-order chi connectivity index (χ1) is 8.63. The highest BCUT2D eigenvalue weighted by Crippen LogP contribution is 2.25. The Morgan fingerprint density at radius 1 is 1.17 bits per heavy atom. The van der Waals surface area contributed by atoms with E-state index in [1.807, 2.05) is 13.8 Å². The summed E-state index contributed by atoms with van der Waals surface area (Å²) in [5, 5.41) is 0.0991. The summed E-state index contributed by atoms with van der Waals surface area (Å²) in [5.74, 6) is 0.606. The van der Waals surface area contributed by atoms with Gasteiger partial charge in [0.1, 0.15) is 0 Å². The number of ether oxygens (including phenoxy) is 2. The van der Waals surface area contributed by atoms with Gasteiger partial charge in [0.25, 0.3) is 0 Å². The third kappa shape index (κ3) is 3.98. The maximum absolute atomic E-state index is 5.81. The third-order valence-corrected chi connectivity index (χ3v) is 3.00. The Kier molecular flexibility index (Phi) is 4.58. The van der Waals surface area contributed by atoms with Crippen molar-refractivity contribution in [2.45, 2.75) is 45.6 Å². The molecular weight excluding hydrogens is 254 g/mol. The molecule has 1 aromatic rings. The number of halogens is 1. The first kappa shape index (κ1) is 13.3. The van der Waals surface area contributed by atoms with Gasteiger partial charge in [-0.3, -0.25) is 0 Å². The van der Waals surface area contributed by atoms with Crippen LogP contribution in [0, 0.1) is 5.92 Å². The summed E-state index contributed by atoms with van der Waals surface area (Å²) in [5.41, 5.74) is 0. The quantitative estimate of drug-likeness (QED) is 0.824. The molecule has 0 aromatic carbocycles. The standard InChI is InChI=1S/C12H18ClN3O2/c1-8(2)18-12-15-10(13)14-11(16-12)17-7-9-5-3-4-6-9/h8-9H,3-7H2,1-2H3. The van der Waals surface area contributed by atoms with E-state index in [4.69, 9.17) is 21.1 Å². The van der Waals surface area contributed by atoms with Crippen molar-refractivity contribution >= 4 is 11.6 Å². The summed E-state index contributed by atoms with van der Waals surface area (Å²) >= 11 is 5.81. The van der Waals surface area contributed by atoms with E-state index in [0.29, 0.717) is 12.5 Å². The highest BCUT2D eigenvalue weighted by Gasteiger charge is 2.17. The van der Waals surface area contributed by atoms with Gasteiger partial charge in [0.15, 0.2) is 0 Å². The van der Waals surface area contributed by atoms with Crippen LogP contribution in [-0.4, -0.2) is 27.7 Å². The summed E-state index contributed by atoms with van der Waals surface area (Å²) in [7, 11) is 0. The molecule has 5 nitrogen and oxygen atoms in total. The fourth-order valence-corrected chi connectivity index (χ4v) is 2.16. The van der Waals surface area contributed by atoms with Crippen molar-refractivity contribution in [1.29, 1.82) is 0 Å². The van der Waals surface area contributed by atoms with Crippen LogP contribution in [0.15, 0.2) is 0 Å². The molecular formula is C12H18ClN3O2. The van der Waals surface area contributed by atoms with E-state index in [1.165, 1.54) is 25.7 Å². The number of rotatable bonds is 5. The van der Waals surface area contributed by atoms with Crippen LogP contribution in [0.1, 0.15) is 39.5 Å². The van der Waals surface area contributed by atoms with Crippen LogP contribution < -0.4 is 9.47 Å². The highest BCUT2D eigenvalue weighted by molar-refractivity contribution is 6.28. The van der Waals surface area contributed by atoms with Crippen molar-refractivity contribution in [1.82, 2.24) is 15.0 Å². The molecule has 1 fully saturated rings. The molecule has 0 unspecified atom stereocenters. The minimum absolute atomic E-state index is 0.00820. The van der Waals surface area contributed by atoms with Gasteiger partial charge in [-0.25, -0.2) is 0 Å². The van der Waals surface area contributed by atoms with Gasteiger partial charge < -0.3 is 9.47 Å². The smallest absolute Gasteiger partial charge is 0.324 e. The molecule has 0 atom stereocenters.